The number of ether oxygens (including phenoxy) is 2. The molecular formula is C28H20BrN3O5S. The summed E-state index contributed by atoms with van der Waals surface area (Å²) in [4.78, 5) is 40.3. The van der Waals surface area contributed by atoms with E-state index in [-0.39, 0.29) is 36.9 Å². The van der Waals surface area contributed by atoms with Gasteiger partial charge in [0.05, 0.1) is 11.4 Å². The molecule has 0 spiro atoms. The van der Waals surface area contributed by atoms with Crippen LogP contribution >= 0.6 is 27.7 Å². The summed E-state index contributed by atoms with van der Waals surface area (Å²) < 4.78 is 13.4. The first-order valence-corrected chi connectivity index (χ1v) is 13.3. The summed E-state index contributed by atoms with van der Waals surface area (Å²) in [6, 6.07) is 20.4. The molecule has 1 saturated heterocycles. The van der Waals surface area contributed by atoms with Crippen LogP contribution < -0.4 is 14.8 Å². The molecule has 0 aliphatic carbocycles. The maximum atomic E-state index is 13.1. The Bertz CT molecular complexity index is 1650. The number of rotatable bonds is 6. The van der Waals surface area contributed by atoms with Crippen LogP contribution in [-0.2, 0) is 22.7 Å². The van der Waals surface area contributed by atoms with Crippen LogP contribution in [-0.4, -0.2) is 33.3 Å². The number of nitrogens with zero attached hydrogens (tertiary/aromatic N) is 2. The number of fused-ring (bicyclic) bond motifs is 2. The predicted molar refractivity (Wildman–Crippen MR) is 149 cm³/mol. The molecule has 10 heteroatoms. The Morgan fingerprint density at radius 2 is 1.87 bits per heavy atom. The van der Waals surface area contributed by atoms with E-state index in [0.717, 1.165) is 38.3 Å². The van der Waals surface area contributed by atoms with Crippen molar-refractivity contribution >= 4 is 67.4 Å². The van der Waals surface area contributed by atoms with Gasteiger partial charge in [0.1, 0.15) is 6.54 Å². The number of carbonyl (C=O) groups excluding carboxylic acids is 3. The van der Waals surface area contributed by atoms with Gasteiger partial charge in [-0.3, -0.25) is 19.3 Å². The molecule has 38 heavy (non-hydrogen) atoms. The fraction of sp³-hybridized carbons (Fsp3) is 0.107. The van der Waals surface area contributed by atoms with Crippen LogP contribution in [0.15, 0.2) is 82.3 Å². The lowest BCUT2D eigenvalue weighted by molar-refractivity contribution is -0.123. The van der Waals surface area contributed by atoms with Crippen LogP contribution in [0.5, 0.6) is 11.5 Å². The van der Waals surface area contributed by atoms with Gasteiger partial charge < -0.3 is 19.4 Å². The van der Waals surface area contributed by atoms with E-state index < -0.39 is 0 Å². The quantitative estimate of drug-likeness (QED) is 0.277. The van der Waals surface area contributed by atoms with E-state index >= 15 is 0 Å². The molecule has 3 amide bonds. The molecule has 6 rings (SSSR count). The number of benzene rings is 3. The number of nitrogens with one attached hydrogen (secondary N) is 1. The van der Waals surface area contributed by atoms with Crippen molar-refractivity contribution in [1.29, 1.82) is 0 Å². The predicted octanol–water partition coefficient (Wildman–Crippen LogP) is 6.01. The van der Waals surface area contributed by atoms with Gasteiger partial charge in [-0.2, -0.15) is 0 Å². The van der Waals surface area contributed by atoms with Gasteiger partial charge in [0.25, 0.3) is 11.1 Å². The van der Waals surface area contributed by atoms with Gasteiger partial charge in [0.15, 0.2) is 11.5 Å². The van der Waals surface area contributed by atoms with E-state index in [9.17, 15) is 14.4 Å². The first-order valence-electron chi connectivity index (χ1n) is 11.7. The molecule has 2 aliphatic heterocycles. The number of hydrogen-bond acceptors (Lipinski definition) is 6. The maximum Gasteiger partial charge on any atom is 0.293 e. The molecule has 0 saturated carbocycles. The van der Waals surface area contributed by atoms with Gasteiger partial charge in [-0.05, 0) is 53.7 Å². The van der Waals surface area contributed by atoms with Crippen molar-refractivity contribution in [1.82, 2.24) is 9.47 Å². The van der Waals surface area contributed by atoms with Crippen molar-refractivity contribution in [3.05, 3.63) is 93.4 Å². The molecule has 2 aliphatic rings. The van der Waals surface area contributed by atoms with Gasteiger partial charge in [-0.15, -0.1) is 0 Å². The number of anilines is 1. The molecule has 4 aromatic rings. The molecule has 190 valence electrons. The Morgan fingerprint density at radius 1 is 1.03 bits per heavy atom. The first kappa shape index (κ1) is 24.3. The summed E-state index contributed by atoms with van der Waals surface area (Å²) >= 11 is 4.34. The van der Waals surface area contributed by atoms with Crippen LogP contribution in [0.1, 0.15) is 11.1 Å². The zero-order chi connectivity index (χ0) is 26.2. The third-order valence-electron chi connectivity index (χ3n) is 6.18. The average molecular weight is 590 g/mol. The van der Waals surface area contributed by atoms with E-state index in [2.05, 4.69) is 21.2 Å². The highest BCUT2D eigenvalue weighted by molar-refractivity contribution is 9.10. The smallest absolute Gasteiger partial charge is 0.293 e. The molecule has 0 radical (unpaired) electrons. The summed E-state index contributed by atoms with van der Waals surface area (Å²) in [6.07, 6.45) is 3.55. The highest BCUT2D eigenvalue weighted by Gasteiger charge is 2.35. The molecule has 1 N–H and O–H groups in total. The molecule has 1 fully saturated rings. The Balaban J connectivity index is 1.23. The van der Waals surface area contributed by atoms with Crippen molar-refractivity contribution in [2.75, 3.05) is 12.1 Å². The molecule has 3 aromatic carbocycles. The topological polar surface area (TPSA) is 89.9 Å². The van der Waals surface area contributed by atoms with Crippen LogP contribution in [0.4, 0.5) is 10.5 Å². The van der Waals surface area contributed by atoms with Crippen molar-refractivity contribution in [2.24, 2.45) is 0 Å². The third-order valence-corrected chi connectivity index (χ3v) is 7.58. The van der Waals surface area contributed by atoms with E-state index in [1.807, 2.05) is 59.3 Å². The molecule has 0 bridgehead atoms. The maximum absolute atomic E-state index is 13.1. The Labute approximate surface area is 230 Å². The highest BCUT2D eigenvalue weighted by Crippen LogP contribution is 2.36. The molecular weight excluding hydrogens is 570 g/mol. The first-order chi connectivity index (χ1) is 18.4. The lowest BCUT2D eigenvalue weighted by Gasteiger charge is -2.12. The van der Waals surface area contributed by atoms with Crippen LogP contribution in [0, 0.1) is 0 Å². The Morgan fingerprint density at radius 3 is 2.74 bits per heavy atom. The number of para-hydroxylation sites is 1. The standard InChI is InChI=1S/C28H20BrN3O5S/c29-19-5-3-4-17(10-19)13-32-27(34)25(38-28(32)35)11-18-14-31(22-7-2-1-6-21(18)22)15-26(33)30-20-8-9-23-24(12-20)37-16-36-23/h1-12,14H,13,15-16H2,(H,30,33)/b25-11-. The number of carbonyl (C=O) groups is 3. The number of amides is 3. The zero-order valence-corrected chi connectivity index (χ0v) is 22.3. The lowest BCUT2D eigenvalue weighted by atomic mass is 10.1. The largest absolute Gasteiger partial charge is 0.454 e. The van der Waals surface area contributed by atoms with E-state index in [0.29, 0.717) is 22.1 Å². The van der Waals surface area contributed by atoms with E-state index in [4.69, 9.17) is 9.47 Å². The summed E-state index contributed by atoms with van der Waals surface area (Å²) in [5, 5.41) is 3.45. The molecule has 0 unspecified atom stereocenters. The van der Waals surface area contributed by atoms with Crippen LogP contribution in [0.3, 0.4) is 0 Å². The van der Waals surface area contributed by atoms with Gasteiger partial charge in [0.2, 0.25) is 12.7 Å². The van der Waals surface area contributed by atoms with Crippen molar-refractivity contribution < 1.29 is 23.9 Å². The summed E-state index contributed by atoms with van der Waals surface area (Å²) in [7, 11) is 0. The number of imide groups is 1. The van der Waals surface area contributed by atoms with Crippen molar-refractivity contribution in [2.45, 2.75) is 13.1 Å². The van der Waals surface area contributed by atoms with Crippen LogP contribution in [0.2, 0.25) is 0 Å². The van der Waals surface area contributed by atoms with E-state index in [1.54, 1.807) is 24.3 Å². The fourth-order valence-corrected chi connectivity index (χ4v) is 5.72. The number of hydrogen-bond donors (Lipinski definition) is 1. The van der Waals surface area contributed by atoms with Gasteiger partial charge in [0, 0.05) is 38.9 Å². The SMILES string of the molecule is O=C(Cn1cc(/C=C2\SC(=O)N(Cc3cccc(Br)c3)C2=O)c2ccccc21)Nc1ccc2c(c1)OCO2. The second-order valence-corrected chi connectivity index (χ2v) is 10.7. The van der Waals surface area contributed by atoms with Gasteiger partial charge in [-0.1, -0.05) is 46.3 Å². The number of halogens is 1. The van der Waals surface area contributed by atoms with Gasteiger partial charge >= 0.3 is 0 Å². The molecule has 8 nitrogen and oxygen atoms in total. The number of thioether (sulfide) groups is 1. The summed E-state index contributed by atoms with van der Waals surface area (Å²) in [5.74, 6) is 0.679. The Hall–Kier alpha value is -4.02. The zero-order valence-electron chi connectivity index (χ0n) is 19.8. The van der Waals surface area contributed by atoms with Crippen molar-refractivity contribution in [3.63, 3.8) is 0 Å². The summed E-state index contributed by atoms with van der Waals surface area (Å²) in [6.45, 7) is 0.422. The fourth-order valence-electron chi connectivity index (χ4n) is 4.45. The second kappa shape index (κ2) is 10.0. The highest BCUT2D eigenvalue weighted by atomic mass is 79.9. The van der Waals surface area contributed by atoms with Crippen LogP contribution in [0.25, 0.3) is 17.0 Å². The van der Waals surface area contributed by atoms with Gasteiger partial charge in [-0.25, -0.2) is 0 Å². The van der Waals surface area contributed by atoms with E-state index in [1.165, 1.54) is 4.90 Å². The third kappa shape index (κ3) is 4.80. The minimum Gasteiger partial charge on any atom is -0.454 e. The monoisotopic (exact) mass is 589 g/mol. The second-order valence-electron chi connectivity index (χ2n) is 8.74. The molecule has 0 atom stereocenters. The molecule has 1 aromatic heterocycles. The normalized spacial score (nSPS) is 15.6. The Kier molecular flexibility index (Phi) is 6.42. The minimum absolute atomic E-state index is 0.0627. The minimum atomic E-state index is -0.336. The average Bonchev–Trinajstić information content (AvgIpc) is 3.57. The lowest BCUT2D eigenvalue weighted by Crippen LogP contribution is -2.27. The number of aromatic nitrogens is 1. The summed E-state index contributed by atoms with van der Waals surface area (Å²) in [5.41, 5.74) is 3.06. The van der Waals surface area contributed by atoms with Crippen molar-refractivity contribution in [3.8, 4) is 11.5 Å². The molecule has 3 heterocycles.